The number of phenolic OH excluding ortho intramolecular Hbond substituents is 1. The fourth-order valence-electron chi connectivity index (χ4n) is 9.52. The molecule has 0 amide bonds. The second-order valence-corrected chi connectivity index (χ2v) is 30.3. The Bertz CT molecular complexity index is 5470. The number of carbonyl (C=O) groups excluding carboxylic acids is 1. The predicted octanol–water partition coefficient (Wildman–Crippen LogP) is 33.3. The van der Waals surface area contributed by atoms with Crippen molar-refractivity contribution in [3.05, 3.63) is 427 Å². The number of hydrogen-bond donors (Lipinski definition) is 2. The minimum absolute atomic E-state index is 0. The van der Waals surface area contributed by atoms with E-state index >= 15 is 0 Å². The van der Waals surface area contributed by atoms with Crippen LogP contribution in [0.1, 0.15) is 137 Å². The van der Waals surface area contributed by atoms with E-state index in [9.17, 15) is 69.9 Å². The minimum atomic E-state index is -1.09. The van der Waals surface area contributed by atoms with Crippen LogP contribution in [0.4, 0.5) is 38.5 Å². The molecule has 736 valence electrons. The van der Waals surface area contributed by atoms with Crippen LogP contribution in [0.5, 0.6) is 63.2 Å². The summed E-state index contributed by atoms with van der Waals surface area (Å²) < 4.78 is 45.0. The van der Waals surface area contributed by atoms with Crippen molar-refractivity contribution >= 4 is 98.4 Å². The Morgan fingerprint density at radius 2 is 0.701 bits per heavy atom. The van der Waals surface area contributed by atoms with Crippen molar-refractivity contribution in [2.45, 2.75) is 135 Å². The van der Waals surface area contributed by atoms with E-state index in [0.717, 1.165) is 108 Å². The van der Waals surface area contributed by atoms with Crippen LogP contribution in [0, 0.1) is 119 Å². The van der Waals surface area contributed by atoms with Crippen LogP contribution < -0.4 is 28.4 Å². The molecule has 10 aromatic carbocycles. The van der Waals surface area contributed by atoms with Crippen molar-refractivity contribution in [1.82, 2.24) is 0 Å². The molecule has 33 heteroatoms. The van der Waals surface area contributed by atoms with Crippen LogP contribution in [0.3, 0.4) is 0 Å². The van der Waals surface area contributed by atoms with Gasteiger partial charge in [0.25, 0.3) is 17.1 Å². The summed E-state index contributed by atoms with van der Waals surface area (Å²) in [5.74, 6) is 5.04. The van der Waals surface area contributed by atoms with Crippen LogP contribution in [-0.4, -0.2) is 60.3 Å². The van der Waals surface area contributed by atoms with E-state index < -0.39 is 63.8 Å². The van der Waals surface area contributed by atoms with Crippen molar-refractivity contribution < 1.29 is 77.4 Å². The number of hydrogen-bond acceptors (Lipinski definition) is 21. The molecule has 3 atom stereocenters. The van der Waals surface area contributed by atoms with Crippen LogP contribution >= 0.6 is 58.0 Å². The molecule has 0 fully saturated rings. The highest BCUT2D eigenvalue weighted by atomic mass is 35.5. The number of carbonyl (C=O) groups is 1. The molecule has 0 saturated heterocycles. The molecule has 2 N–H and O–H groups in total. The quantitative estimate of drug-likeness (QED) is 0.0134. The van der Waals surface area contributed by atoms with Crippen LogP contribution in [0.15, 0.2) is 296 Å². The Labute approximate surface area is 827 Å². The lowest BCUT2D eigenvalue weighted by Gasteiger charge is -2.11. The molecule has 0 saturated carbocycles. The maximum atomic E-state index is 12.6. The number of benzene rings is 10. The minimum Gasteiger partial charge on any atom is -0.504 e. The fraction of sp³-hybridized carbons (Fsp3) is 0.240. The standard InChI is InChI=1S/C14H11Cl3O.C14H12Cl2O.C14H12N2O7.C14H12N2O5.C8H8O3.3C7H12.C6H3FN2O4.3C4H8.CH4/c1-9-6-10(8-15)2-4-13(9)18-14-5-3-11(16)7-12(14)17;1-9-3-5-13(10(2)7-9)17-14-6-4-11(15)8-12(14)16;1-22-14-6-9(8-17)2-4-13(14)23-12-5-3-10(15(18)19)7-11(12)16(20)21;1-9-3-5-13(10(2)7-9)21-14-6-4-11(15(17)18)8-12(14)16(19)20;1-11-8-4-6(5-9)2-3-7(8)10;3*1-4-6-7(3)5-2;7-5-2-1-4(8(10)11)3-6(5)9(12)13;3*1-3-4-2;/h2-7H,8H2,1H3;3-8H,1-2H3;2-7,17H,8H2,1H3;3-8H,1-2H3;2-5,10H,1H3;3*4-5,7H,1-2,6H2,3H3;1-3H;3*3H,1,4H2,2H3;1H4. The van der Waals surface area contributed by atoms with Gasteiger partial charge in [0.15, 0.2) is 23.0 Å². The molecule has 10 aromatic rings. The zero-order chi connectivity index (χ0) is 104. The number of aliphatic hydroxyl groups excluding tert-OH is 1. The average Bonchev–Trinajstić information content (AvgIpc) is 0.798. The molecule has 3 unspecified atom stereocenters. The summed E-state index contributed by atoms with van der Waals surface area (Å²) in [6, 6.07) is 45.0. The Morgan fingerprint density at radius 1 is 0.380 bits per heavy atom. The van der Waals surface area contributed by atoms with E-state index in [2.05, 4.69) is 107 Å². The third kappa shape index (κ3) is 51.8. The SMILES string of the molecule is C.C=CCC.C=CCC.C=CCC.C=CCC(C)C=C.C=CCC(C)C=C.C=CCC(C)C=C.COc1cc(C=O)ccc1O.COc1cc(CO)ccc1Oc1ccc([N+](=O)[O-])cc1[N+](=O)[O-].Cc1cc(CCl)ccc1Oc1ccc(Cl)cc1Cl.Cc1ccc(Oc2ccc(Cl)cc2Cl)c(C)c1.Cc1ccc(Oc2ccc([N+](=O)[O-])cc2[N+](=O)[O-])c(C)c1.O=[N+]([O-])c1ccc(F)c([N+](=O)[O-])c1. The molecule has 137 heavy (non-hydrogen) atoms. The number of methoxy groups -OCH3 is 2. The van der Waals surface area contributed by atoms with Gasteiger partial charge in [-0.3, -0.25) is 65.5 Å². The second kappa shape index (κ2) is 72.4. The van der Waals surface area contributed by atoms with E-state index in [1.165, 1.54) is 62.2 Å². The lowest BCUT2D eigenvalue weighted by molar-refractivity contribution is -0.395. The second-order valence-electron chi connectivity index (χ2n) is 28.3. The normalized spacial score (nSPS) is 10.1. The molecule has 10 rings (SSSR count). The van der Waals surface area contributed by atoms with E-state index in [0.29, 0.717) is 96.3 Å². The van der Waals surface area contributed by atoms with Gasteiger partial charge in [0.2, 0.25) is 17.3 Å². The number of aliphatic hydroxyl groups is 1. The van der Waals surface area contributed by atoms with Crippen LogP contribution in [-0.2, 0) is 12.5 Å². The van der Waals surface area contributed by atoms with Gasteiger partial charge in [-0.1, -0.05) is 204 Å². The van der Waals surface area contributed by atoms with Crippen LogP contribution in [0.2, 0.25) is 20.1 Å². The van der Waals surface area contributed by atoms with E-state index in [4.69, 9.17) is 96.6 Å². The number of nitro benzene ring substituents is 6. The first-order valence-corrected chi connectivity index (χ1v) is 43.5. The number of aldehydes is 1. The van der Waals surface area contributed by atoms with Gasteiger partial charge < -0.3 is 38.6 Å². The third-order valence-electron chi connectivity index (χ3n) is 17.2. The van der Waals surface area contributed by atoms with E-state index in [1.54, 1.807) is 48.5 Å². The van der Waals surface area contributed by atoms with Crippen molar-refractivity contribution in [2.75, 3.05) is 14.2 Å². The number of aryl methyl sites for hydroxylation is 5. The maximum absolute atomic E-state index is 12.6. The first-order chi connectivity index (χ1) is 64.5. The summed E-state index contributed by atoms with van der Waals surface area (Å²) in [6.07, 6.45) is 24.2. The van der Waals surface area contributed by atoms with Gasteiger partial charge in [-0.25, -0.2) is 0 Å². The zero-order valence-electron chi connectivity index (χ0n) is 78.4. The lowest BCUT2D eigenvalue weighted by Crippen LogP contribution is -1.97. The van der Waals surface area contributed by atoms with Gasteiger partial charge >= 0.3 is 17.1 Å². The molecule has 0 radical (unpaired) electrons. The van der Waals surface area contributed by atoms with E-state index in [1.807, 2.05) is 132 Å². The molecule has 0 heterocycles. The number of allylic oxidation sites excluding steroid dienone is 9. The summed E-state index contributed by atoms with van der Waals surface area (Å²) in [4.78, 5) is 69.3. The topological polar surface area (TPSA) is 372 Å². The summed E-state index contributed by atoms with van der Waals surface area (Å²) >= 11 is 29.6. The fourth-order valence-corrected chi connectivity index (χ4v) is 10.6. The molecule has 0 bridgehead atoms. The highest BCUT2D eigenvalue weighted by Gasteiger charge is 2.25. The summed E-state index contributed by atoms with van der Waals surface area (Å²) in [6.45, 7) is 54.2. The number of halogens is 6. The van der Waals surface area contributed by atoms with Crippen LogP contribution in [0.25, 0.3) is 0 Å². The summed E-state index contributed by atoms with van der Waals surface area (Å²) in [5.41, 5.74) is 4.14. The zero-order valence-corrected chi connectivity index (χ0v) is 82.2. The molecule has 0 spiro atoms. The van der Waals surface area contributed by atoms with Crippen molar-refractivity contribution in [3.8, 4) is 63.2 Å². The first kappa shape index (κ1) is 127. The number of aromatic hydroxyl groups is 1. The third-order valence-corrected chi connectivity index (χ3v) is 18.6. The number of alkyl halides is 1. The Balaban J connectivity index is -0.00000148. The Kier molecular flexibility index (Phi) is 67.1. The van der Waals surface area contributed by atoms with Gasteiger partial charge in [-0.15, -0.1) is 70.8 Å². The predicted molar refractivity (Wildman–Crippen MR) is 555 cm³/mol. The molecular formula is C104H122Cl5FN6O21. The number of non-ortho nitro benzene ring substituents is 3. The summed E-state index contributed by atoms with van der Waals surface area (Å²) in [7, 11) is 2.82. The maximum Gasteiger partial charge on any atom is 0.318 e. The van der Waals surface area contributed by atoms with Gasteiger partial charge in [0.05, 0.1) is 78.6 Å². The largest absolute Gasteiger partial charge is 0.504 e. The number of nitro groups is 6. The van der Waals surface area contributed by atoms with Gasteiger partial charge in [0, 0.05) is 39.7 Å². The lowest BCUT2D eigenvalue weighted by atomic mass is 10.1. The summed E-state index contributed by atoms with van der Waals surface area (Å²) in [5, 5.41) is 84.2. The van der Waals surface area contributed by atoms with Crippen molar-refractivity contribution in [1.29, 1.82) is 0 Å². The van der Waals surface area contributed by atoms with E-state index in [-0.39, 0.29) is 48.5 Å². The van der Waals surface area contributed by atoms with Gasteiger partial charge in [-0.05, 0) is 222 Å². The molecule has 0 aliphatic rings. The Morgan fingerprint density at radius 3 is 1.00 bits per heavy atom. The van der Waals surface area contributed by atoms with Gasteiger partial charge in [0.1, 0.15) is 35.0 Å². The van der Waals surface area contributed by atoms with Crippen molar-refractivity contribution in [2.24, 2.45) is 17.8 Å². The molecule has 0 aliphatic carbocycles. The number of rotatable bonds is 31. The Hall–Kier alpha value is -14.1. The molecular weight excluding hydrogens is 1870 g/mol. The highest BCUT2D eigenvalue weighted by molar-refractivity contribution is 6.36. The monoisotopic (exact) mass is 1980 g/mol. The number of nitrogens with zero attached hydrogens (tertiary/aromatic N) is 6. The van der Waals surface area contributed by atoms with Gasteiger partial charge in [-0.2, -0.15) is 4.39 Å². The molecule has 0 aliphatic heterocycles. The smallest absolute Gasteiger partial charge is 0.318 e. The van der Waals surface area contributed by atoms with Crippen molar-refractivity contribution in [3.63, 3.8) is 0 Å². The number of ether oxygens (including phenoxy) is 6. The average molecular weight is 1990 g/mol. The molecule has 0 aromatic heterocycles. The molecule has 27 nitrogen and oxygen atoms in total. The first-order valence-electron chi connectivity index (χ1n) is 41.5. The highest BCUT2D eigenvalue weighted by Crippen LogP contribution is 2.41. The number of phenols is 1.